The third-order valence-electron chi connectivity index (χ3n) is 4.36. The van der Waals surface area contributed by atoms with E-state index in [2.05, 4.69) is 16.8 Å². The Morgan fingerprint density at radius 1 is 1.48 bits per heavy atom. The van der Waals surface area contributed by atoms with Gasteiger partial charge in [-0.25, -0.2) is 9.78 Å². The van der Waals surface area contributed by atoms with E-state index in [4.69, 9.17) is 10.5 Å². The van der Waals surface area contributed by atoms with Crippen molar-refractivity contribution < 1.29 is 9.53 Å². The maximum atomic E-state index is 11.9. The minimum atomic E-state index is -0.385. The molecule has 0 bridgehead atoms. The van der Waals surface area contributed by atoms with Crippen molar-refractivity contribution in [2.45, 2.75) is 45.6 Å². The molecule has 21 heavy (non-hydrogen) atoms. The molecule has 116 valence electrons. The summed E-state index contributed by atoms with van der Waals surface area (Å²) in [6, 6.07) is 2.04. The largest absolute Gasteiger partial charge is 0.462 e. The molecule has 1 heterocycles. The van der Waals surface area contributed by atoms with Crippen molar-refractivity contribution in [3.05, 3.63) is 17.8 Å². The predicted octanol–water partition coefficient (Wildman–Crippen LogP) is 2.86. The van der Waals surface area contributed by atoms with Gasteiger partial charge in [-0.15, -0.1) is 0 Å². The number of carbonyl (C=O) groups is 1. The zero-order valence-electron chi connectivity index (χ0n) is 13.1. The van der Waals surface area contributed by atoms with Gasteiger partial charge in [0.25, 0.3) is 0 Å². The van der Waals surface area contributed by atoms with Gasteiger partial charge in [0.05, 0.1) is 17.9 Å². The summed E-state index contributed by atoms with van der Waals surface area (Å²) >= 11 is 0. The SMILES string of the molecule is CCOC(=O)c1ccnc(N(C)C2CCCCC2C)c1N. The van der Waals surface area contributed by atoms with Crippen molar-refractivity contribution in [2.24, 2.45) is 5.92 Å². The minimum absolute atomic E-state index is 0.339. The molecule has 0 saturated heterocycles. The lowest BCUT2D eigenvalue weighted by Gasteiger charge is -2.37. The molecule has 2 unspecified atom stereocenters. The lowest BCUT2D eigenvalue weighted by Crippen LogP contribution is -2.40. The van der Waals surface area contributed by atoms with E-state index < -0.39 is 0 Å². The fraction of sp³-hybridized carbons (Fsp3) is 0.625. The molecule has 1 aromatic heterocycles. The topological polar surface area (TPSA) is 68.5 Å². The molecule has 2 N–H and O–H groups in total. The average Bonchev–Trinajstić information content (AvgIpc) is 2.47. The fourth-order valence-electron chi connectivity index (χ4n) is 3.16. The molecule has 1 aliphatic carbocycles. The third kappa shape index (κ3) is 3.28. The van der Waals surface area contributed by atoms with E-state index in [-0.39, 0.29) is 5.97 Å². The summed E-state index contributed by atoms with van der Waals surface area (Å²) in [5.74, 6) is 0.902. The number of esters is 1. The van der Waals surface area contributed by atoms with E-state index in [0.29, 0.717) is 35.6 Å². The number of hydrogen-bond acceptors (Lipinski definition) is 5. The van der Waals surface area contributed by atoms with Gasteiger partial charge in [-0.1, -0.05) is 19.8 Å². The van der Waals surface area contributed by atoms with Gasteiger partial charge in [0.1, 0.15) is 0 Å². The molecule has 1 aliphatic rings. The monoisotopic (exact) mass is 291 g/mol. The molecule has 2 atom stereocenters. The highest BCUT2D eigenvalue weighted by Crippen LogP contribution is 2.33. The van der Waals surface area contributed by atoms with Crippen LogP contribution in [0.4, 0.5) is 11.5 Å². The lowest BCUT2D eigenvalue weighted by atomic mass is 9.85. The van der Waals surface area contributed by atoms with Gasteiger partial charge in [0, 0.05) is 19.3 Å². The van der Waals surface area contributed by atoms with Crippen molar-refractivity contribution in [1.29, 1.82) is 0 Å². The van der Waals surface area contributed by atoms with Gasteiger partial charge in [0.15, 0.2) is 5.82 Å². The van der Waals surface area contributed by atoms with Crippen LogP contribution in [0, 0.1) is 5.92 Å². The van der Waals surface area contributed by atoms with Crippen LogP contribution in [0.25, 0.3) is 0 Å². The van der Waals surface area contributed by atoms with Crippen LogP contribution < -0.4 is 10.6 Å². The first-order chi connectivity index (χ1) is 10.1. The molecule has 1 saturated carbocycles. The van der Waals surface area contributed by atoms with Crippen LogP contribution in [0.5, 0.6) is 0 Å². The molecule has 0 radical (unpaired) electrons. The zero-order valence-corrected chi connectivity index (χ0v) is 13.1. The highest BCUT2D eigenvalue weighted by Gasteiger charge is 2.28. The Morgan fingerprint density at radius 3 is 2.86 bits per heavy atom. The van der Waals surface area contributed by atoms with E-state index in [1.807, 2.05) is 7.05 Å². The highest BCUT2D eigenvalue weighted by atomic mass is 16.5. The molecule has 0 amide bonds. The van der Waals surface area contributed by atoms with Gasteiger partial charge >= 0.3 is 5.97 Å². The van der Waals surface area contributed by atoms with Crippen LogP contribution in [-0.2, 0) is 4.74 Å². The number of pyridine rings is 1. The number of nitrogen functional groups attached to an aromatic ring is 1. The van der Waals surface area contributed by atoms with E-state index in [0.717, 1.165) is 6.42 Å². The Hall–Kier alpha value is -1.78. The third-order valence-corrected chi connectivity index (χ3v) is 4.36. The van der Waals surface area contributed by atoms with Crippen LogP contribution in [0.3, 0.4) is 0 Å². The number of rotatable bonds is 4. The van der Waals surface area contributed by atoms with Crippen molar-refractivity contribution in [2.75, 3.05) is 24.3 Å². The molecule has 1 fully saturated rings. The number of carbonyl (C=O) groups excluding carboxylic acids is 1. The van der Waals surface area contributed by atoms with Crippen molar-refractivity contribution in [3.8, 4) is 0 Å². The number of nitrogens with two attached hydrogens (primary N) is 1. The van der Waals surface area contributed by atoms with Crippen LogP contribution in [0.2, 0.25) is 0 Å². The Labute approximate surface area is 126 Å². The molecule has 0 aromatic carbocycles. The van der Waals surface area contributed by atoms with Crippen LogP contribution >= 0.6 is 0 Å². The summed E-state index contributed by atoms with van der Waals surface area (Å²) < 4.78 is 5.04. The normalized spacial score (nSPS) is 21.9. The number of hydrogen-bond donors (Lipinski definition) is 1. The first-order valence-electron chi connectivity index (χ1n) is 7.70. The number of ether oxygens (including phenoxy) is 1. The van der Waals surface area contributed by atoms with Gasteiger partial charge in [-0.2, -0.15) is 0 Å². The maximum absolute atomic E-state index is 11.9. The second kappa shape index (κ2) is 6.78. The Bertz CT molecular complexity index is 504. The van der Waals surface area contributed by atoms with E-state index in [1.165, 1.54) is 19.3 Å². The first-order valence-corrected chi connectivity index (χ1v) is 7.70. The van der Waals surface area contributed by atoms with Crippen molar-refractivity contribution in [3.63, 3.8) is 0 Å². The van der Waals surface area contributed by atoms with E-state index in [9.17, 15) is 4.79 Å². The molecule has 5 nitrogen and oxygen atoms in total. The van der Waals surface area contributed by atoms with Crippen molar-refractivity contribution in [1.82, 2.24) is 4.98 Å². The molecule has 1 aromatic rings. The molecule has 0 aliphatic heterocycles. The van der Waals surface area contributed by atoms with Crippen LogP contribution in [0.1, 0.15) is 49.9 Å². The molecule has 2 rings (SSSR count). The second-order valence-electron chi connectivity index (χ2n) is 5.76. The molecular weight excluding hydrogens is 266 g/mol. The quantitative estimate of drug-likeness (QED) is 0.864. The van der Waals surface area contributed by atoms with Crippen LogP contribution in [0.15, 0.2) is 12.3 Å². The molecule has 0 spiro atoms. The number of nitrogens with zero attached hydrogens (tertiary/aromatic N) is 2. The Balaban J connectivity index is 2.26. The second-order valence-corrected chi connectivity index (χ2v) is 5.76. The maximum Gasteiger partial charge on any atom is 0.340 e. The summed E-state index contributed by atoms with van der Waals surface area (Å²) in [4.78, 5) is 18.4. The minimum Gasteiger partial charge on any atom is -0.462 e. The Morgan fingerprint density at radius 2 is 2.19 bits per heavy atom. The summed E-state index contributed by atoms with van der Waals surface area (Å²) in [6.07, 6.45) is 6.52. The molecular formula is C16H25N3O2. The fourth-order valence-corrected chi connectivity index (χ4v) is 3.16. The van der Waals surface area contributed by atoms with Gasteiger partial charge in [-0.3, -0.25) is 0 Å². The first kappa shape index (κ1) is 15.6. The lowest BCUT2D eigenvalue weighted by molar-refractivity contribution is 0.0527. The standard InChI is InChI=1S/C16H25N3O2/c1-4-21-16(20)12-9-10-18-15(14(12)17)19(3)13-8-6-5-7-11(13)2/h9-11,13H,4-8,17H2,1-3H3. The number of aromatic nitrogens is 1. The number of anilines is 2. The van der Waals surface area contributed by atoms with Crippen molar-refractivity contribution >= 4 is 17.5 Å². The van der Waals surface area contributed by atoms with E-state index >= 15 is 0 Å². The summed E-state index contributed by atoms with van der Waals surface area (Å²) in [7, 11) is 2.01. The summed E-state index contributed by atoms with van der Waals surface area (Å²) in [5, 5.41) is 0. The zero-order chi connectivity index (χ0) is 15.4. The summed E-state index contributed by atoms with van der Waals surface area (Å²) in [6.45, 7) is 4.39. The highest BCUT2D eigenvalue weighted by molar-refractivity contribution is 5.97. The smallest absolute Gasteiger partial charge is 0.340 e. The van der Waals surface area contributed by atoms with Gasteiger partial charge in [-0.05, 0) is 31.7 Å². The van der Waals surface area contributed by atoms with Crippen LogP contribution in [-0.4, -0.2) is 30.6 Å². The summed E-state index contributed by atoms with van der Waals surface area (Å²) in [5.41, 5.74) is 6.98. The molecule has 5 heteroatoms. The van der Waals surface area contributed by atoms with Gasteiger partial charge in [0.2, 0.25) is 0 Å². The predicted molar refractivity (Wildman–Crippen MR) is 84.4 cm³/mol. The Kier molecular flexibility index (Phi) is 5.04. The van der Waals surface area contributed by atoms with E-state index in [1.54, 1.807) is 19.2 Å². The van der Waals surface area contributed by atoms with Gasteiger partial charge < -0.3 is 15.4 Å². The average molecular weight is 291 g/mol.